The van der Waals surface area contributed by atoms with Gasteiger partial charge in [0, 0.05) is 31.9 Å². The van der Waals surface area contributed by atoms with Crippen LogP contribution in [-0.2, 0) is 4.79 Å². The number of anilines is 1. The number of nitrogens with two attached hydrogens (primary N) is 1. The van der Waals surface area contributed by atoms with E-state index in [1.165, 1.54) is 6.20 Å². The first-order valence-electron chi connectivity index (χ1n) is 7.50. The second-order valence-electron chi connectivity index (χ2n) is 4.79. The molecule has 0 aromatic carbocycles. The maximum Gasteiger partial charge on any atom is 0.228 e. The molecule has 2 heterocycles. The quantitative estimate of drug-likeness (QED) is 0.778. The van der Waals surface area contributed by atoms with Crippen molar-refractivity contribution in [3.8, 4) is 5.69 Å². The number of rotatable bonds is 7. The Bertz CT molecular complexity index is 725. The minimum absolute atomic E-state index is 0.0704. The van der Waals surface area contributed by atoms with Crippen LogP contribution in [0.4, 0.5) is 5.69 Å². The number of nitrogens with zero attached hydrogens (tertiary/aromatic N) is 5. The highest BCUT2D eigenvalue weighted by molar-refractivity contribution is 6.32. The average Bonchev–Trinajstić information content (AvgIpc) is 2.98. The highest BCUT2D eigenvalue weighted by Gasteiger charge is 2.19. The second-order valence-corrected chi connectivity index (χ2v) is 5.15. The molecule has 0 aliphatic heterocycles. The molecule has 0 radical (unpaired) electrons. The maximum absolute atomic E-state index is 12.4. The van der Waals surface area contributed by atoms with Crippen LogP contribution in [0.1, 0.15) is 13.3 Å². The van der Waals surface area contributed by atoms with Crippen LogP contribution in [0, 0.1) is 0 Å². The third-order valence-corrected chi connectivity index (χ3v) is 3.50. The molecule has 2 aromatic rings. The lowest BCUT2D eigenvalue weighted by Crippen LogP contribution is -2.30. The van der Waals surface area contributed by atoms with Crippen molar-refractivity contribution >= 4 is 29.4 Å². The molecule has 1 amide bonds. The van der Waals surface area contributed by atoms with E-state index in [0.29, 0.717) is 18.8 Å². The number of allylic oxidation sites excluding steroid dienone is 1. The Labute approximate surface area is 145 Å². The first-order valence-corrected chi connectivity index (χ1v) is 7.87. The van der Waals surface area contributed by atoms with Gasteiger partial charge in [-0.05, 0) is 31.3 Å². The molecule has 8 heteroatoms. The first-order chi connectivity index (χ1) is 11.7. The summed E-state index contributed by atoms with van der Waals surface area (Å²) in [6.45, 7) is 2.76. The zero-order chi connectivity index (χ0) is 17.4. The van der Waals surface area contributed by atoms with Crippen molar-refractivity contribution in [3.63, 3.8) is 0 Å². The second kappa shape index (κ2) is 8.83. The molecule has 2 rings (SSSR count). The van der Waals surface area contributed by atoms with Crippen LogP contribution in [0.25, 0.3) is 5.69 Å². The van der Waals surface area contributed by atoms with E-state index in [9.17, 15) is 4.79 Å². The Hall–Kier alpha value is -2.67. The van der Waals surface area contributed by atoms with E-state index in [1.807, 2.05) is 13.0 Å². The third-order valence-electron chi connectivity index (χ3n) is 3.23. The molecule has 0 unspecified atom stereocenters. The minimum atomic E-state index is -0.0704. The molecule has 0 saturated heterocycles. The van der Waals surface area contributed by atoms with Crippen molar-refractivity contribution in [2.45, 2.75) is 13.3 Å². The van der Waals surface area contributed by atoms with Gasteiger partial charge < -0.3 is 10.6 Å². The van der Waals surface area contributed by atoms with Gasteiger partial charge in [0.15, 0.2) is 5.15 Å². The summed E-state index contributed by atoms with van der Waals surface area (Å²) < 4.78 is 1.60. The van der Waals surface area contributed by atoms with Crippen molar-refractivity contribution in [2.24, 2.45) is 10.7 Å². The van der Waals surface area contributed by atoms with Gasteiger partial charge in [-0.3, -0.25) is 14.8 Å². The van der Waals surface area contributed by atoms with E-state index in [2.05, 4.69) is 15.1 Å². The Morgan fingerprint density at radius 3 is 3.04 bits per heavy atom. The van der Waals surface area contributed by atoms with E-state index in [4.69, 9.17) is 17.3 Å². The fourth-order valence-corrected chi connectivity index (χ4v) is 2.34. The van der Waals surface area contributed by atoms with E-state index >= 15 is 0 Å². The Balaban J connectivity index is 2.13. The molecule has 0 aliphatic rings. The summed E-state index contributed by atoms with van der Waals surface area (Å²) in [6, 6.07) is 3.67. The normalized spacial score (nSPS) is 11.4. The van der Waals surface area contributed by atoms with Gasteiger partial charge in [-0.15, -0.1) is 0 Å². The molecule has 0 fully saturated rings. The van der Waals surface area contributed by atoms with Crippen LogP contribution in [0.15, 0.2) is 48.0 Å². The fraction of sp³-hybridized carbons (Fsp3) is 0.250. The van der Waals surface area contributed by atoms with Gasteiger partial charge in [0.25, 0.3) is 0 Å². The summed E-state index contributed by atoms with van der Waals surface area (Å²) in [5.74, 6) is -0.0704. The number of aromatic nitrogens is 3. The minimum Gasteiger partial charge on any atom is -0.405 e. The molecular weight excluding hydrogens is 328 g/mol. The molecule has 0 aliphatic carbocycles. The van der Waals surface area contributed by atoms with E-state index in [1.54, 1.807) is 46.5 Å². The van der Waals surface area contributed by atoms with Gasteiger partial charge in [0.1, 0.15) is 5.69 Å². The van der Waals surface area contributed by atoms with E-state index in [-0.39, 0.29) is 17.5 Å². The SMILES string of the molecule is CCN(C(=O)CCN=C/C=C\N)c1cn(-c2cccnc2)nc1Cl. The average molecular weight is 347 g/mol. The number of halogens is 1. The summed E-state index contributed by atoms with van der Waals surface area (Å²) in [6.07, 6.45) is 9.91. The fourth-order valence-electron chi connectivity index (χ4n) is 2.11. The standard InChI is InChI=1S/C16H19ClN6O/c1-2-22(15(24)6-10-19-9-4-7-18)14-12-23(21-16(14)17)13-5-3-8-20-11-13/h3-5,7-9,11-12H,2,6,10,18H2,1H3/b7-4-,19-9?. The van der Waals surface area contributed by atoms with Crippen LogP contribution in [0.5, 0.6) is 0 Å². The maximum atomic E-state index is 12.4. The molecular formula is C16H19ClN6O. The molecule has 0 spiro atoms. The van der Waals surface area contributed by atoms with Crippen LogP contribution >= 0.6 is 11.6 Å². The van der Waals surface area contributed by atoms with Crippen molar-refractivity contribution in [1.82, 2.24) is 14.8 Å². The van der Waals surface area contributed by atoms with Crippen LogP contribution < -0.4 is 10.6 Å². The molecule has 126 valence electrons. The lowest BCUT2D eigenvalue weighted by molar-refractivity contribution is -0.118. The zero-order valence-electron chi connectivity index (χ0n) is 13.3. The third kappa shape index (κ3) is 4.42. The van der Waals surface area contributed by atoms with Gasteiger partial charge in [-0.25, -0.2) is 4.68 Å². The number of hydrogen-bond donors (Lipinski definition) is 1. The number of hydrogen-bond acceptors (Lipinski definition) is 5. The molecule has 0 bridgehead atoms. The Morgan fingerprint density at radius 1 is 1.54 bits per heavy atom. The summed E-state index contributed by atoms with van der Waals surface area (Å²) in [5.41, 5.74) is 6.55. The first kappa shape index (κ1) is 17.7. The number of pyridine rings is 1. The Morgan fingerprint density at radius 2 is 2.38 bits per heavy atom. The van der Waals surface area contributed by atoms with Crippen LogP contribution in [-0.4, -0.2) is 40.0 Å². The molecule has 0 atom stereocenters. The smallest absolute Gasteiger partial charge is 0.228 e. The molecule has 2 N–H and O–H groups in total. The number of aliphatic imine (C=N–C) groups is 1. The largest absolute Gasteiger partial charge is 0.405 e. The van der Waals surface area contributed by atoms with Crippen LogP contribution in [0.2, 0.25) is 5.15 Å². The van der Waals surface area contributed by atoms with Crippen molar-refractivity contribution in [2.75, 3.05) is 18.0 Å². The van der Waals surface area contributed by atoms with E-state index in [0.717, 1.165) is 5.69 Å². The molecule has 2 aromatic heterocycles. The lowest BCUT2D eigenvalue weighted by Gasteiger charge is -2.18. The lowest BCUT2D eigenvalue weighted by atomic mass is 10.3. The molecule has 0 saturated carbocycles. The predicted molar refractivity (Wildman–Crippen MR) is 95.7 cm³/mol. The predicted octanol–water partition coefficient (Wildman–Crippen LogP) is 2.21. The molecule has 7 nitrogen and oxygen atoms in total. The highest BCUT2D eigenvalue weighted by atomic mass is 35.5. The number of amides is 1. The zero-order valence-corrected chi connectivity index (χ0v) is 14.1. The number of carbonyl (C=O) groups is 1. The van der Waals surface area contributed by atoms with E-state index < -0.39 is 0 Å². The van der Waals surface area contributed by atoms with Gasteiger partial charge in [-0.2, -0.15) is 5.10 Å². The van der Waals surface area contributed by atoms with Crippen molar-refractivity contribution in [3.05, 3.63) is 48.2 Å². The van der Waals surface area contributed by atoms with Crippen molar-refractivity contribution in [1.29, 1.82) is 0 Å². The van der Waals surface area contributed by atoms with Gasteiger partial charge in [0.05, 0.1) is 18.1 Å². The summed E-state index contributed by atoms with van der Waals surface area (Å²) in [7, 11) is 0. The van der Waals surface area contributed by atoms with Crippen LogP contribution in [0.3, 0.4) is 0 Å². The summed E-state index contributed by atoms with van der Waals surface area (Å²) in [4.78, 5) is 22.1. The van der Waals surface area contributed by atoms with Gasteiger partial charge in [-0.1, -0.05) is 11.6 Å². The van der Waals surface area contributed by atoms with Crippen molar-refractivity contribution < 1.29 is 4.79 Å². The summed E-state index contributed by atoms with van der Waals surface area (Å²) >= 11 is 6.22. The topological polar surface area (TPSA) is 89.4 Å². The number of carbonyl (C=O) groups excluding carboxylic acids is 1. The van der Waals surface area contributed by atoms with Gasteiger partial charge >= 0.3 is 0 Å². The highest BCUT2D eigenvalue weighted by Crippen LogP contribution is 2.26. The molecule has 24 heavy (non-hydrogen) atoms. The van der Waals surface area contributed by atoms with Gasteiger partial charge in [0.2, 0.25) is 5.91 Å². The Kier molecular flexibility index (Phi) is 6.51. The monoisotopic (exact) mass is 346 g/mol. The summed E-state index contributed by atoms with van der Waals surface area (Å²) in [5, 5.41) is 4.52.